The quantitative estimate of drug-likeness (QED) is 0.0935. The molecule has 1 saturated heterocycles. The molecule has 10 nitrogen and oxygen atoms in total. The molecule has 284 valence electrons. The SMILES string of the molecule is COCCCOc1cc(COC2CN(C(=O)Cc3ccc(CO)cc3)CC[C@@H]2c2ccc(OCCCOCc3ccccc3OC)cc2)cc(OC)c1. The summed E-state index contributed by atoms with van der Waals surface area (Å²) >= 11 is 0. The highest BCUT2D eigenvalue weighted by molar-refractivity contribution is 5.79. The van der Waals surface area contributed by atoms with E-state index in [2.05, 4.69) is 12.1 Å². The first kappa shape index (κ1) is 39.6. The van der Waals surface area contributed by atoms with Crippen molar-refractivity contribution in [1.82, 2.24) is 4.90 Å². The minimum absolute atomic E-state index is 0.0247. The first-order valence-corrected chi connectivity index (χ1v) is 18.3. The van der Waals surface area contributed by atoms with E-state index in [9.17, 15) is 9.90 Å². The number of benzene rings is 4. The second-order valence-corrected chi connectivity index (χ2v) is 13.1. The molecule has 0 spiro atoms. The van der Waals surface area contributed by atoms with Crippen LogP contribution in [0.2, 0.25) is 0 Å². The van der Waals surface area contributed by atoms with E-state index in [0.29, 0.717) is 70.7 Å². The first-order chi connectivity index (χ1) is 26.0. The van der Waals surface area contributed by atoms with Gasteiger partial charge in [-0.3, -0.25) is 4.79 Å². The topological polar surface area (TPSA) is 105 Å². The van der Waals surface area contributed by atoms with E-state index in [-0.39, 0.29) is 24.5 Å². The molecule has 0 radical (unpaired) electrons. The predicted octanol–water partition coefficient (Wildman–Crippen LogP) is 6.74. The van der Waals surface area contributed by atoms with Crippen LogP contribution in [0.5, 0.6) is 23.0 Å². The highest BCUT2D eigenvalue weighted by atomic mass is 16.5. The van der Waals surface area contributed by atoms with Crippen LogP contribution in [-0.2, 0) is 45.2 Å². The number of hydrogen-bond acceptors (Lipinski definition) is 9. The van der Waals surface area contributed by atoms with Gasteiger partial charge in [-0.25, -0.2) is 0 Å². The highest BCUT2D eigenvalue weighted by Crippen LogP contribution is 2.33. The molecule has 1 amide bonds. The zero-order valence-electron chi connectivity index (χ0n) is 31.2. The molecule has 0 bridgehead atoms. The third-order valence-electron chi connectivity index (χ3n) is 9.33. The molecule has 0 aromatic heterocycles. The number of nitrogens with zero attached hydrogens (tertiary/aromatic N) is 1. The van der Waals surface area contributed by atoms with Gasteiger partial charge in [0.1, 0.15) is 23.0 Å². The number of piperidine rings is 1. The smallest absolute Gasteiger partial charge is 0.227 e. The van der Waals surface area contributed by atoms with Gasteiger partial charge in [-0.2, -0.15) is 0 Å². The van der Waals surface area contributed by atoms with Gasteiger partial charge >= 0.3 is 0 Å². The number of amides is 1. The Bertz CT molecular complexity index is 1680. The van der Waals surface area contributed by atoms with Gasteiger partial charge in [0.15, 0.2) is 0 Å². The fourth-order valence-electron chi connectivity index (χ4n) is 6.42. The number of carbonyl (C=O) groups is 1. The van der Waals surface area contributed by atoms with Crippen LogP contribution in [0.25, 0.3) is 0 Å². The summed E-state index contributed by atoms with van der Waals surface area (Å²) in [5.74, 6) is 3.16. The summed E-state index contributed by atoms with van der Waals surface area (Å²) in [6, 6.07) is 29.4. The summed E-state index contributed by atoms with van der Waals surface area (Å²) in [4.78, 5) is 15.4. The minimum atomic E-state index is -0.242. The van der Waals surface area contributed by atoms with Crippen molar-refractivity contribution in [1.29, 1.82) is 0 Å². The van der Waals surface area contributed by atoms with Gasteiger partial charge in [0.05, 0.1) is 66.4 Å². The average Bonchev–Trinajstić information content (AvgIpc) is 3.20. The van der Waals surface area contributed by atoms with Gasteiger partial charge in [-0.15, -0.1) is 0 Å². The van der Waals surface area contributed by atoms with E-state index in [1.54, 1.807) is 21.3 Å². The number of likely N-dealkylation sites (tertiary alicyclic amines) is 1. The minimum Gasteiger partial charge on any atom is -0.497 e. The monoisotopic (exact) mass is 727 g/mol. The lowest BCUT2D eigenvalue weighted by Crippen LogP contribution is -2.47. The number of para-hydroxylation sites is 1. The van der Waals surface area contributed by atoms with Crippen molar-refractivity contribution in [3.8, 4) is 23.0 Å². The van der Waals surface area contributed by atoms with E-state index in [4.69, 9.17) is 33.2 Å². The number of methoxy groups -OCH3 is 3. The molecule has 1 N–H and O–H groups in total. The Morgan fingerprint density at radius 2 is 1.45 bits per heavy atom. The molecule has 53 heavy (non-hydrogen) atoms. The fraction of sp³-hybridized carbons (Fsp3) is 0.419. The van der Waals surface area contributed by atoms with Crippen molar-refractivity contribution in [3.63, 3.8) is 0 Å². The van der Waals surface area contributed by atoms with E-state index < -0.39 is 0 Å². The Balaban J connectivity index is 1.20. The Hall–Kier alpha value is -4.61. The van der Waals surface area contributed by atoms with Gasteiger partial charge in [-0.05, 0) is 59.0 Å². The second-order valence-electron chi connectivity index (χ2n) is 13.1. The number of aliphatic hydroxyl groups is 1. The predicted molar refractivity (Wildman–Crippen MR) is 203 cm³/mol. The normalized spacial score (nSPS) is 15.6. The fourth-order valence-corrected chi connectivity index (χ4v) is 6.42. The van der Waals surface area contributed by atoms with Crippen molar-refractivity contribution >= 4 is 5.91 Å². The molecule has 1 aliphatic heterocycles. The molecule has 0 aliphatic carbocycles. The van der Waals surface area contributed by atoms with E-state index >= 15 is 0 Å². The summed E-state index contributed by atoms with van der Waals surface area (Å²) < 4.78 is 40.6. The summed E-state index contributed by atoms with van der Waals surface area (Å²) in [5.41, 5.74) is 4.82. The second kappa shape index (κ2) is 21.2. The van der Waals surface area contributed by atoms with Crippen LogP contribution in [0.15, 0.2) is 91.0 Å². The Morgan fingerprint density at radius 1 is 0.736 bits per heavy atom. The van der Waals surface area contributed by atoms with E-state index in [1.165, 1.54) is 0 Å². The Labute approximate surface area is 313 Å². The summed E-state index contributed by atoms with van der Waals surface area (Å²) in [6.45, 7) is 4.17. The van der Waals surface area contributed by atoms with Crippen molar-refractivity contribution in [2.75, 3.05) is 60.8 Å². The largest absolute Gasteiger partial charge is 0.497 e. The van der Waals surface area contributed by atoms with Crippen LogP contribution in [0.1, 0.15) is 53.0 Å². The molecule has 2 atom stereocenters. The van der Waals surface area contributed by atoms with Crippen molar-refractivity contribution in [3.05, 3.63) is 119 Å². The summed E-state index contributed by atoms with van der Waals surface area (Å²) in [5, 5.41) is 9.40. The molecule has 5 rings (SSSR count). The molecule has 4 aromatic carbocycles. The summed E-state index contributed by atoms with van der Waals surface area (Å²) in [6.07, 6.45) is 2.35. The maximum atomic E-state index is 13.5. The van der Waals surface area contributed by atoms with Crippen LogP contribution < -0.4 is 18.9 Å². The van der Waals surface area contributed by atoms with E-state index in [1.807, 2.05) is 83.8 Å². The van der Waals surface area contributed by atoms with Gasteiger partial charge < -0.3 is 43.2 Å². The molecule has 1 unspecified atom stereocenters. The average molecular weight is 728 g/mol. The third kappa shape index (κ3) is 12.2. The Kier molecular flexibility index (Phi) is 15.8. The number of ether oxygens (including phenoxy) is 7. The Morgan fingerprint density at radius 3 is 2.19 bits per heavy atom. The zero-order valence-corrected chi connectivity index (χ0v) is 31.2. The molecule has 1 fully saturated rings. The van der Waals surface area contributed by atoms with Crippen LogP contribution in [0.3, 0.4) is 0 Å². The van der Waals surface area contributed by atoms with Crippen LogP contribution in [-0.4, -0.2) is 82.9 Å². The van der Waals surface area contributed by atoms with E-state index in [0.717, 1.165) is 58.6 Å². The van der Waals surface area contributed by atoms with Crippen LogP contribution in [0.4, 0.5) is 0 Å². The molecule has 1 heterocycles. The molecular formula is C43H53NO9. The third-order valence-corrected chi connectivity index (χ3v) is 9.33. The lowest BCUT2D eigenvalue weighted by atomic mass is 9.86. The van der Waals surface area contributed by atoms with Gasteiger partial charge in [-0.1, -0.05) is 54.6 Å². The molecule has 0 saturated carbocycles. The number of hydrogen-bond donors (Lipinski definition) is 1. The maximum absolute atomic E-state index is 13.5. The first-order valence-electron chi connectivity index (χ1n) is 18.3. The van der Waals surface area contributed by atoms with Crippen molar-refractivity contribution < 1.29 is 43.1 Å². The molecule has 10 heteroatoms. The zero-order chi connectivity index (χ0) is 37.3. The van der Waals surface area contributed by atoms with Gasteiger partial charge in [0.2, 0.25) is 5.91 Å². The maximum Gasteiger partial charge on any atom is 0.227 e. The lowest BCUT2D eigenvalue weighted by Gasteiger charge is -2.39. The van der Waals surface area contributed by atoms with Crippen LogP contribution >= 0.6 is 0 Å². The van der Waals surface area contributed by atoms with Gasteiger partial charge in [0.25, 0.3) is 0 Å². The molecule has 1 aliphatic rings. The lowest BCUT2D eigenvalue weighted by molar-refractivity contribution is -0.135. The van der Waals surface area contributed by atoms with Crippen molar-refractivity contribution in [2.45, 2.75) is 57.5 Å². The molecular weight excluding hydrogens is 674 g/mol. The summed E-state index contributed by atoms with van der Waals surface area (Å²) in [7, 11) is 4.98. The standard InChI is InChI=1S/C43H53NO9/c1-47-20-6-22-52-39-25-34(24-38(27-39)48-2)30-53-42-28-44(43(46)26-32-10-12-33(29-45)13-11-32)19-18-40(42)35-14-16-37(17-15-35)51-23-7-21-50-31-36-8-4-5-9-41(36)49-3/h4-5,8-17,24-25,27,40,42,45H,6-7,18-23,26,28-31H2,1-3H3/t40-,42?/m1/s1. The number of aliphatic hydroxyl groups excluding tert-OH is 1. The van der Waals surface area contributed by atoms with Crippen LogP contribution in [0, 0.1) is 0 Å². The highest BCUT2D eigenvalue weighted by Gasteiger charge is 2.33. The van der Waals surface area contributed by atoms with Gasteiger partial charge in [0, 0.05) is 57.2 Å². The number of rotatable bonds is 21. The molecule has 4 aromatic rings. The van der Waals surface area contributed by atoms with Crippen molar-refractivity contribution in [2.24, 2.45) is 0 Å². The number of carbonyl (C=O) groups excluding carboxylic acids is 1.